The molecular weight excluding hydrogens is 488 g/mol. The van der Waals surface area contributed by atoms with Crippen LogP contribution < -0.4 is 0 Å². The number of rotatable bonds is 12. The Kier molecular flexibility index (Phi) is 9.10. The molecular formula is C29H44N2O5S. The molecule has 2 amide bonds. The van der Waals surface area contributed by atoms with E-state index in [0.717, 1.165) is 38.5 Å². The van der Waals surface area contributed by atoms with E-state index in [-0.39, 0.29) is 41.6 Å². The zero-order valence-electron chi connectivity index (χ0n) is 22.5. The van der Waals surface area contributed by atoms with Gasteiger partial charge in [-0.15, -0.1) is 24.9 Å². The Balaban J connectivity index is 1.70. The number of carbonyl (C=O) groups excluding carboxylic acids is 3. The van der Waals surface area contributed by atoms with Gasteiger partial charge in [-0.05, 0) is 44.4 Å². The Morgan fingerprint density at radius 2 is 1.95 bits per heavy atom. The first-order valence-electron chi connectivity index (χ1n) is 14.1. The summed E-state index contributed by atoms with van der Waals surface area (Å²) in [7, 11) is 0. The lowest BCUT2D eigenvalue weighted by molar-refractivity contribution is -0.155. The van der Waals surface area contributed by atoms with Crippen LogP contribution in [-0.2, 0) is 19.1 Å². The number of fused-ring (bicyclic) bond motifs is 1. The fourth-order valence-electron chi connectivity index (χ4n) is 7.22. The topological polar surface area (TPSA) is 87.2 Å². The second-order valence-electron chi connectivity index (χ2n) is 11.5. The van der Waals surface area contributed by atoms with Gasteiger partial charge in [-0.25, -0.2) is 0 Å². The van der Waals surface area contributed by atoms with Gasteiger partial charge in [0.2, 0.25) is 11.8 Å². The lowest BCUT2D eigenvalue weighted by Gasteiger charge is -2.43. The van der Waals surface area contributed by atoms with Crippen molar-refractivity contribution in [3.63, 3.8) is 0 Å². The van der Waals surface area contributed by atoms with E-state index < -0.39 is 28.7 Å². The zero-order chi connectivity index (χ0) is 26.7. The van der Waals surface area contributed by atoms with Crippen molar-refractivity contribution in [1.29, 1.82) is 0 Å². The van der Waals surface area contributed by atoms with E-state index in [1.165, 1.54) is 6.42 Å². The fourth-order valence-corrected chi connectivity index (χ4v) is 9.41. The second kappa shape index (κ2) is 11.9. The van der Waals surface area contributed by atoms with Crippen molar-refractivity contribution in [2.75, 3.05) is 19.8 Å². The van der Waals surface area contributed by atoms with Crippen LogP contribution in [0.2, 0.25) is 0 Å². The van der Waals surface area contributed by atoms with Crippen LogP contribution in [0.4, 0.5) is 0 Å². The van der Waals surface area contributed by atoms with Gasteiger partial charge in [-0.3, -0.25) is 14.4 Å². The number of ether oxygens (including phenoxy) is 1. The number of hydrogen-bond donors (Lipinski definition) is 1. The second-order valence-corrected chi connectivity index (χ2v) is 13.1. The van der Waals surface area contributed by atoms with Crippen molar-refractivity contribution >= 4 is 29.5 Å². The number of thioether (sulfide) groups is 1. The summed E-state index contributed by atoms with van der Waals surface area (Å²) in [5.41, 5.74) is 0. The summed E-state index contributed by atoms with van der Waals surface area (Å²) < 4.78 is 4.98. The summed E-state index contributed by atoms with van der Waals surface area (Å²) in [5.74, 6) is -1.72. The Labute approximate surface area is 226 Å². The van der Waals surface area contributed by atoms with E-state index in [9.17, 15) is 19.5 Å². The molecule has 4 aliphatic rings. The molecule has 206 valence electrons. The maximum Gasteiger partial charge on any atom is 0.310 e. The number of amides is 2. The van der Waals surface area contributed by atoms with Crippen molar-refractivity contribution in [1.82, 2.24) is 9.80 Å². The third kappa shape index (κ3) is 5.00. The molecule has 4 rings (SSSR count). The maximum atomic E-state index is 14.5. The molecule has 2 bridgehead atoms. The van der Waals surface area contributed by atoms with E-state index in [1.54, 1.807) is 28.8 Å². The Hall–Kier alpha value is -1.80. The van der Waals surface area contributed by atoms with Crippen LogP contribution in [-0.4, -0.2) is 80.6 Å². The number of esters is 1. The normalized spacial score (nSPS) is 31.9. The van der Waals surface area contributed by atoms with Crippen LogP contribution in [0.25, 0.3) is 0 Å². The first-order chi connectivity index (χ1) is 17.8. The summed E-state index contributed by atoms with van der Waals surface area (Å²) in [6.07, 6.45) is 11.8. The van der Waals surface area contributed by atoms with Crippen molar-refractivity contribution in [3.05, 3.63) is 25.3 Å². The van der Waals surface area contributed by atoms with E-state index >= 15 is 0 Å². The first-order valence-corrected chi connectivity index (χ1v) is 15.0. The highest BCUT2D eigenvalue weighted by molar-refractivity contribution is 8.02. The quantitative estimate of drug-likeness (QED) is 0.233. The first kappa shape index (κ1) is 28.2. The summed E-state index contributed by atoms with van der Waals surface area (Å²) in [6.45, 7) is 12.1. The number of unbranched alkanes of at least 4 members (excludes halogenated alkanes) is 1. The molecule has 0 aromatic carbocycles. The molecule has 3 saturated heterocycles. The number of nitrogens with zero attached hydrogens (tertiary/aromatic N) is 2. The van der Waals surface area contributed by atoms with Crippen molar-refractivity contribution < 1.29 is 24.2 Å². The Morgan fingerprint density at radius 1 is 1.22 bits per heavy atom. The van der Waals surface area contributed by atoms with Crippen molar-refractivity contribution in [2.45, 2.75) is 99.8 Å². The lowest BCUT2D eigenvalue weighted by Crippen LogP contribution is -2.60. The van der Waals surface area contributed by atoms with Gasteiger partial charge in [-0.2, -0.15) is 0 Å². The molecule has 6 atom stereocenters. The molecule has 3 heterocycles. The van der Waals surface area contributed by atoms with Crippen LogP contribution >= 0.6 is 11.8 Å². The highest BCUT2D eigenvalue weighted by atomic mass is 32.2. The molecule has 1 aliphatic carbocycles. The van der Waals surface area contributed by atoms with Gasteiger partial charge in [0, 0.05) is 17.8 Å². The summed E-state index contributed by atoms with van der Waals surface area (Å²) in [5, 5.41) is 10.4. The molecule has 7 nitrogen and oxygen atoms in total. The predicted molar refractivity (Wildman–Crippen MR) is 146 cm³/mol. The molecule has 3 aliphatic heterocycles. The SMILES string of the molecule is C=CCCCOC(=O)[C@@H]1[C@@H]2CCC3(S2)C(C(=O)N(CC=C)C2CCCCC2)N([C@@H](CO)C(C)C)C(=O)[C@H]13. The number of carbonyl (C=O) groups is 3. The van der Waals surface area contributed by atoms with E-state index in [0.29, 0.717) is 26.0 Å². The number of allylic oxidation sites excluding steroid dienone is 1. The molecule has 8 heteroatoms. The van der Waals surface area contributed by atoms with Crippen LogP contribution in [0.5, 0.6) is 0 Å². The van der Waals surface area contributed by atoms with Gasteiger partial charge < -0.3 is 19.6 Å². The van der Waals surface area contributed by atoms with Crippen LogP contribution in [0, 0.1) is 17.8 Å². The van der Waals surface area contributed by atoms with Crippen LogP contribution in [0.15, 0.2) is 25.3 Å². The van der Waals surface area contributed by atoms with Gasteiger partial charge in [0.05, 0.1) is 35.8 Å². The third-order valence-corrected chi connectivity index (χ3v) is 10.9. The van der Waals surface area contributed by atoms with E-state index in [4.69, 9.17) is 4.74 Å². The molecule has 2 unspecified atom stereocenters. The molecule has 0 aromatic heterocycles. The smallest absolute Gasteiger partial charge is 0.310 e. The number of aliphatic hydroxyl groups is 1. The average molecular weight is 533 g/mol. The largest absolute Gasteiger partial charge is 0.465 e. The number of likely N-dealkylation sites (tertiary alicyclic amines) is 1. The summed E-state index contributed by atoms with van der Waals surface area (Å²) in [4.78, 5) is 45.7. The average Bonchev–Trinajstić information content (AvgIpc) is 3.53. The number of hydrogen-bond acceptors (Lipinski definition) is 6. The van der Waals surface area contributed by atoms with Gasteiger partial charge in [0.15, 0.2) is 0 Å². The van der Waals surface area contributed by atoms with Crippen molar-refractivity contribution in [2.24, 2.45) is 17.8 Å². The third-order valence-electron chi connectivity index (χ3n) is 8.98. The standard InChI is InChI=1S/C29H44N2O5S/c1-5-7-11-17-36-28(35)23-22-14-15-29(37-22)24(23)26(33)31(21(18-32)19(3)4)25(29)27(34)30(16-6-2)20-12-9-8-10-13-20/h5-6,19-25,32H,1-2,7-18H2,3-4H3/t21-,22-,23+,24-,25?,29?/m0/s1. The minimum Gasteiger partial charge on any atom is -0.465 e. The summed E-state index contributed by atoms with van der Waals surface area (Å²) in [6, 6.07) is -1.05. The van der Waals surface area contributed by atoms with Crippen LogP contribution in [0.1, 0.15) is 71.6 Å². The Bertz CT molecular complexity index is 888. The summed E-state index contributed by atoms with van der Waals surface area (Å²) >= 11 is 1.66. The highest BCUT2D eigenvalue weighted by Crippen LogP contribution is 2.67. The minimum atomic E-state index is -0.694. The van der Waals surface area contributed by atoms with Gasteiger partial charge in [0.25, 0.3) is 0 Å². The Morgan fingerprint density at radius 3 is 2.57 bits per heavy atom. The van der Waals surface area contributed by atoms with Gasteiger partial charge in [0.1, 0.15) is 6.04 Å². The lowest BCUT2D eigenvalue weighted by atomic mass is 9.71. The highest BCUT2D eigenvalue weighted by Gasteiger charge is 2.75. The molecule has 1 saturated carbocycles. The number of aliphatic hydroxyl groups excluding tert-OH is 1. The monoisotopic (exact) mass is 532 g/mol. The predicted octanol–water partition coefficient (Wildman–Crippen LogP) is 3.95. The molecule has 0 aromatic rings. The van der Waals surface area contributed by atoms with E-state index in [2.05, 4.69) is 13.2 Å². The zero-order valence-corrected chi connectivity index (χ0v) is 23.3. The molecule has 1 N–H and O–H groups in total. The molecule has 37 heavy (non-hydrogen) atoms. The van der Waals surface area contributed by atoms with Crippen molar-refractivity contribution in [3.8, 4) is 0 Å². The van der Waals surface area contributed by atoms with Crippen LogP contribution in [0.3, 0.4) is 0 Å². The van der Waals surface area contributed by atoms with Gasteiger partial charge in [-0.1, -0.05) is 45.3 Å². The fraction of sp³-hybridized carbons (Fsp3) is 0.759. The van der Waals surface area contributed by atoms with Gasteiger partial charge >= 0.3 is 5.97 Å². The molecule has 0 radical (unpaired) electrons. The van der Waals surface area contributed by atoms with E-state index in [1.807, 2.05) is 18.7 Å². The maximum absolute atomic E-state index is 14.5. The minimum absolute atomic E-state index is 0.0209. The molecule has 4 fully saturated rings. The molecule has 1 spiro atoms.